The Morgan fingerprint density at radius 2 is 2.10 bits per heavy atom. The van der Waals surface area contributed by atoms with Crippen molar-refractivity contribution in [1.82, 2.24) is 9.47 Å². The van der Waals surface area contributed by atoms with Crippen LogP contribution in [0.4, 0.5) is 0 Å². The van der Waals surface area contributed by atoms with Gasteiger partial charge in [0.25, 0.3) is 0 Å². The molecule has 1 aromatic carbocycles. The molecule has 1 aliphatic heterocycles. The molecule has 20 heavy (non-hydrogen) atoms. The Hall–Kier alpha value is -1.77. The second-order valence-electron chi connectivity index (χ2n) is 6.57. The first-order chi connectivity index (χ1) is 9.65. The third kappa shape index (κ3) is 1.92. The molecule has 1 spiro atoms. The number of likely N-dealkylation sites (tertiary alicyclic amines) is 1. The highest BCUT2D eigenvalue weighted by atomic mass is 16.2. The number of nitrogens with zero attached hydrogens (tertiary/aromatic N) is 2. The molecule has 0 unspecified atom stereocenters. The van der Waals surface area contributed by atoms with Crippen molar-refractivity contribution in [2.75, 3.05) is 13.1 Å². The minimum atomic E-state index is 0.270. The van der Waals surface area contributed by atoms with Gasteiger partial charge in [-0.2, -0.15) is 0 Å². The zero-order valence-electron chi connectivity index (χ0n) is 11.9. The molecule has 0 bridgehead atoms. The molecule has 0 atom stereocenters. The van der Waals surface area contributed by atoms with Gasteiger partial charge < -0.3 is 9.47 Å². The van der Waals surface area contributed by atoms with E-state index in [4.69, 9.17) is 0 Å². The smallest absolute Gasteiger partial charge is 0.242 e. The van der Waals surface area contributed by atoms with Gasteiger partial charge in [0.15, 0.2) is 0 Å². The summed E-state index contributed by atoms with van der Waals surface area (Å²) in [5, 5.41) is 1.22. The molecule has 1 saturated heterocycles. The van der Waals surface area contributed by atoms with Crippen molar-refractivity contribution in [2.24, 2.45) is 5.41 Å². The fourth-order valence-electron chi connectivity index (χ4n) is 3.44. The van der Waals surface area contributed by atoms with Crippen LogP contribution >= 0.6 is 0 Å². The van der Waals surface area contributed by atoms with Gasteiger partial charge in [-0.05, 0) is 55.2 Å². The Morgan fingerprint density at radius 1 is 1.25 bits per heavy atom. The van der Waals surface area contributed by atoms with Gasteiger partial charge in [0, 0.05) is 24.8 Å². The van der Waals surface area contributed by atoms with Gasteiger partial charge in [0.2, 0.25) is 5.91 Å². The van der Waals surface area contributed by atoms with Gasteiger partial charge in [0.1, 0.15) is 6.54 Å². The maximum atomic E-state index is 12.4. The summed E-state index contributed by atoms with van der Waals surface area (Å²) in [5.41, 5.74) is 2.94. The van der Waals surface area contributed by atoms with E-state index >= 15 is 0 Å². The standard InChI is InChI=1S/C17H20N2O/c1-13-2-3-15-14(10-13)4-8-18(15)11-16(20)19-9-7-17(12-19)5-6-17/h2-4,8,10H,5-7,9,11-12H2,1H3. The number of fused-ring (bicyclic) bond motifs is 1. The van der Waals surface area contributed by atoms with Gasteiger partial charge in [-0.3, -0.25) is 4.79 Å². The highest BCUT2D eigenvalue weighted by Crippen LogP contribution is 2.52. The average molecular weight is 268 g/mol. The number of carbonyl (C=O) groups is 1. The van der Waals surface area contributed by atoms with E-state index in [0.717, 1.165) is 18.6 Å². The van der Waals surface area contributed by atoms with Crippen LogP contribution in [0.25, 0.3) is 10.9 Å². The maximum absolute atomic E-state index is 12.4. The molecule has 104 valence electrons. The van der Waals surface area contributed by atoms with E-state index in [-0.39, 0.29) is 5.91 Å². The molecule has 2 heterocycles. The number of hydrogen-bond acceptors (Lipinski definition) is 1. The molecule has 1 amide bonds. The summed E-state index contributed by atoms with van der Waals surface area (Å²) in [6, 6.07) is 8.50. The molecule has 3 heteroatoms. The van der Waals surface area contributed by atoms with Crippen LogP contribution in [0.2, 0.25) is 0 Å². The largest absolute Gasteiger partial charge is 0.341 e. The van der Waals surface area contributed by atoms with Gasteiger partial charge in [-0.1, -0.05) is 11.6 Å². The van der Waals surface area contributed by atoms with Gasteiger partial charge >= 0.3 is 0 Å². The zero-order chi connectivity index (χ0) is 13.7. The Morgan fingerprint density at radius 3 is 2.85 bits per heavy atom. The molecule has 1 saturated carbocycles. The summed E-state index contributed by atoms with van der Waals surface area (Å²) in [7, 11) is 0. The topological polar surface area (TPSA) is 25.2 Å². The Balaban J connectivity index is 1.54. The third-order valence-corrected chi connectivity index (χ3v) is 4.98. The highest BCUT2D eigenvalue weighted by Gasteiger charge is 2.48. The molecule has 0 N–H and O–H groups in total. The number of benzene rings is 1. The lowest BCUT2D eigenvalue weighted by Crippen LogP contribution is -2.31. The molecular weight excluding hydrogens is 248 g/mol. The summed E-state index contributed by atoms with van der Waals surface area (Å²) in [4.78, 5) is 14.5. The lowest BCUT2D eigenvalue weighted by Gasteiger charge is -2.17. The molecule has 3 nitrogen and oxygen atoms in total. The van der Waals surface area contributed by atoms with Crippen LogP contribution in [-0.2, 0) is 11.3 Å². The van der Waals surface area contributed by atoms with E-state index in [2.05, 4.69) is 40.7 Å². The minimum Gasteiger partial charge on any atom is -0.341 e. The number of aromatic nitrogens is 1. The summed E-state index contributed by atoms with van der Waals surface area (Å²) < 4.78 is 2.08. The Labute approximate surface area is 119 Å². The van der Waals surface area contributed by atoms with Crippen LogP contribution < -0.4 is 0 Å². The van der Waals surface area contributed by atoms with Crippen LogP contribution in [0, 0.1) is 12.3 Å². The number of aryl methyl sites for hydroxylation is 1. The fourth-order valence-corrected chi connectivity index (χ4v) is 3.44. The first kappa shape index (κ1) is 12.0. The molecule has 1 aliphatic carbocycles. The zero-order valence-corrected chi connectivity index (χ0v) is 11.9. The predicted molar refractivity (Wildman–Crippen MR) is 79.5 cm³/mol. The van der Waals surface area contributed by atoms with Crippen LogP contribution in [0.3, 0.4) is 0 Å². The second-order valence-corrected chi connectivity index (χ2v) is 6.57. The second kappa shape index (κ2) is 4.11. The van der Waals surface area contributed by atoms with Crippen molar-refractivity contribution >= 4 is 16.8 Å². The molecule has 2 aromatic rings. The summed E-state index contributed by atoms with van der Waals surface area (Å²) >= 11 is 0. The van der Waals surface area contributed by atoms with E-state index in [1.165, 1.54) is 30.2 Å². The van der Waals surface area contributed by atoms with Gasteiger partial charge in [-0.25, -0.2) is 0 Å². The lowest BCUT2D eigenvalue weighted by atomic mass is 10.1. The first-order valence-corrected chi connectivity index (χ1v) is 7.49. The van der Waals surface area contributed by atoms with Crippen molar-refractivity contribution in [1.29, 1.82) is 0 Å². The number of rotatable bonds is 2. The third-order valence-electron chi connectivity index (χ3n) is 4.98. The number of hydrogen-bond donors (Lipinski definition) is 0. The normalized spacial score (nSPS) is 19.9. The van der Waals surface area contributed by atoms with Crippen molar-refractivity contribution in [3.05, 3.63) is 36.0 Å². The van der Waals surface area contributed by atoms with E-state index in [9.17, 15) is 4.79 Å². The highest BCUT2D eigenvalue weighted by molar-refractivity contribution is 5.84. The monoisotopic (exact) mass is 268 g/mol. The van der Waals surface area contributed by atoms with Crippen molar-refractivity contribution in [2.45, 2.75) is 32.7 Å². The van der Waals surface area contributed by atoms with Crippen LogP contribution in [-0.4, -0.2) is 28.5 Å². The van der Waals surface area contributed by atoms with E-state index in [0.29, 0.717) is 12.0 Å². The minimum absolute atomic E-state index is 0.270. The van der Waals surface area contributed by atoms with Gasteiger partial charge in [0.05, 0.1) is 0 Å². The quantitative estimate of drug-likeness (QED) is 0.822. The first-order valence-electron chi connectivity index (χ1n) is 7.49. The Kier molecular flexibility index (Phi) is 2.47. The fraction of sp³-hybridized carbons (Fsp3) is 0.471. The molecule has 2 aliphatic rings. The van der Waals surface area contributed by atoms with Crippen LogP contribution in [0.1, 0.15) is 24.8 Å². The van der Waals surface area contributed by atoms with E-state index in [1.807, 2.05) is 6.20 Å². The molecule has 4 rings (SSSR count). The van der Waals surface area contributed by atoms with Crippen LogP contribution in [0.15, 0.2) is 30.5 Å². The van der Waals surface area contributed by atoms with Crippen molar-refractivity contribution < 1.29 is 4.79 Å². The van der Waals surface area contributed by atoms with E-state index in [1.54, 1.807) is 0 Å². The van der Waals surface area contributed by atoms with Crippen molar-refractivity contribution in [3.63, 3.8) is 0 Å². The number of amides is 1. The van der Waals surface area contributed by atoms with Crippen molar-refractivity contribution in [3.8, 4) is 0 Å². The molecule has 2 fully saturated rings. The Bertz CT molecular complexity index is 681. The SMILES string of the molecule is Cc1ccc2c(ccn2CC(=O)N2CCC3(CC3)C2)c1. The number of carbonyl (C=O) groups excluding carboxylic acids is 1. The maximum Gasteiger partial charge on any atom is 0.242 e. The van der Waals surface area contributed by atoms with E-state index < -0.39 is 0 Å². The average Bonchev–Trinajstić information content (AvgIpc) is 2.87. The van der Waals surface area contributed by atoms with Crippen LogP contribution in [0.5, 0.6) is 0 Å². The summed E-state index contributed by atoms with van der Waals surface area (Å²) in [6.07, 6.45) is 5.89. The molecular formula is C17H20N2O. The summed E-state index contributed by atoms with van der Waals surface area (Å²) in [5.74, 6) is 0.270. The molecule has 0 radical (unpaired) electrons. The molecule has 1 aromatic heterocycles. The van der Waals surface area contributed by atoms with Gasteiger partial charge in [-0.15, -0.1) is 0 Å². The lowest BCUT2D eigenvalue weighted by molar-refractivity contribution is -0.130. The summed E-state index contributed by atoms with van der Waals surface area (Å²) in [6.45, 7) is 4.52. The predicted octanol–water partition coefficient (Wildman–Crippen LogP) is 2.96.